The third-order valence-electron chi connectivity index (χ3n) is 3.02. The number of benzene rings is 1. The number of rotatable bonds is 7. The van der Waals surface area contributed by atoms with Crippen LogP contribution in [-0.2, 0) is 9.53 Å². The molecule has 0 radical (unpaired) electrons. The maximum Gasteiger partial charge on any atom is 0.306 e. The molecule has 0 bridgehead atoms. The van der Waals surface area contributed by atoms with Crippen molar-refractivity contribution in [3.05, 3.63) is 29.8 Å². The highest BCUT2D eigenvalue weighted by atomic mass is 16.5. The van der Waals surface area contributed by atoms with Gasteiger partial charge >= 0.3 is 5.97 Å². The maximum absolute atomic E-state index is 11.4. The number of carbonyl (C=O) groups excluding carboxylic acids is 1. The second-order valence-electron chi connectivity index (χ2n) is 4.73. The number of methoxy groups -OCH3 is 1. The van der Waals surface area contributed by atoms with E-state index in [2.05, 4.69) is 0 Å². The Morgan fingerprint density at radius 1 is 1.32 bits per heavy atom. The first-order valence-electron chi connectivity index (χ1n) is 6.62. The van der Waals surface area contributed by atoms with Gasteiger partial charge in [-0.1, -0.05) is 19.1 Å². The Bertz CT molecular complexity index is 389. The highest BCUT2D eigenvalue weighted by Crippen LogP contribution is 2.23. The van der Waals surface area contributed by atoms with Gasteiger partial charge in [0, 0.05) is 12.5 Å². The molecule has 0 spiro atoms. The minimum absolute atomic E-state index is 0.0738. The highest BCUT2D eigenvalue weighted by Gasteiger charge is 2.15. The van der Waals surface area contributed by atoms with Crippen LogP contribution in [0.1, 0.15) is 38.3 Å². The van der Waals surface area contributed by atoms with Crippen LogP contribution >= 0.6 is 0 Å². The van der Waals surface area contributed by atoms with Crippen LogP contribution in [-0.4, -0.2) is 19.7 Å². The monoisotopic (exact) mass is 265 g/mol. The summed E-state index contributed by atoms with van der Waals surface area (Å²) in [7, 11) is 1.64. The van der Waals surface area contributed by atoms with Crippen LogP contribution in [0.4, 0.5) is 0 Å². The van der Waals surface area contributed by atoms with Gasteiger partial charge < -0.3 is 15.2 Å². The number of esters is 1. The lowest BCUT2D eigenvalue weighted by Crippen LogP contribution is -2.17. The van der Waals surface area contributed by atoms with E-state index in [9.17, 15) is 4.79 Å². The summed E-state index contributed by atoms with van der Waals surface area (Å²) in [5.74, 6) is 0.864. The van der Waals surface area contributed by atoms with Gasteiger partial charge in [0.2, 0.25) is 0 Å². The molecule has 0 aliphatic carbocycles. The van der Waals surface area contributed by atoms with Crippen molar-refractivity contribution >= 4 is 5.97 Å². The lowest BCUT2D eigenvalue weighted by molar-refractivity contribution is -0.144. The molecule has 4 nitrogen and oxygen atoms in total. The van der Waals surface area contributed by atoms with Gasteiger partial charge in [-0.2, -0.15) is 0 Å². The van der Waals surface area contributed by atoms with Crippen LogP contribution < -0.4 is 10.5 Å². The summed E-state index contributed by atoms with van der Waals surface area (Å²) in [4.78, 5) is 11.4. The van der Waals surface area contributed by atoms with Gasteiger partial charge in [-0.25, -0.2) is 0 Å². The predicted octanol–water partition coefficient (Wildman–Crippen LogP) is 2.67. The fraction of sp³-hybridized carbons (Fsp3) is 0.533. The molecule has 0 amide bonds. The highest BCUT2D eigenvalue weighted by molar-refractivity contribution is 5.69. The molecule has 0 aliphatic rings. The van der Waals surface area contributed by atoms with Gasteiger partial charge in [0.15, 0.2) is 0 Å². The summed E-state index contributed by atoms with van der Waals surface area (Å²) in [6, 6.07) is 7.63. The van der Waals surface area contributed by atoms with Crippen LogP contribution in [0.2, 0.25) is 0 Å². The van der Waals surface area contributed by atoms with Gasteiger partial charge in [0.05, 0.1) is 13.7 Å². The summed E-state index contributed by atoms with van der Waals surface area (Å²) >= 11 is 0. The first-order chi connectivity index (χ1) is 9.06. The molecule has 19 heavy (non-hydrogen) atoms. The van der Waals surface area contributed by atoms with Crippen molar-refractivity contribution in [3.8, 4) is 5.75 Å². The molecule has 2 unspecified atom stereocenters. The van der Waals surface area contributed by atoms with E-state index in [0.29, 0.717) is 13.0 Å². The number of hydrogen-bond donors (Lipinski definition) is 1. The van der Waals surface area contributed by atoms with Crippen LogP contribution in [0, 0.1) is 5.92 Å². The van der Waals surface area contributed by atoms with Crippen molar-refractivity contribution in [3.63, 3.8) is 0 Å². The average molecular weight is 265 g/mol. The van der Waals surface area contributed by atoms with Gasteiger partial charge in [-0.15, -0.1) is 0 Å². The molecule has 4 heteroatoms. The van der Waals surface area contributed by atoms with E-state index in [4.69, 9.17) is 15.2 Å². The Balaban J connectivity index is 2.48. The molecule has 2 atom stereocenters. The van der Waals surface area contributed by atoms with E-state index in [-0.39, 0.29) is 17.9 Å². The van der Waals surface area contributed by atoms with Crippen LogP contribution in [0.15, 0.2) is 24.3 Å². The molecule has 0 aliphatic heterocycles. The zero-order chi connectivity index (χ0) is 14.3. The molecule has 0 aromatic heterocycles. The third kappa shape index (κ3) is 5.30. The van der Waals surface area contributed by atoms with Crippen molar-refractivity contribution in [2.24, 2.45) is 11.7 Å². The Morgan fingerprint density at radius 3 is 2.47 bits per heavy atom. The smallest absolute Gasteiger partial charge is 0.306 e. The van der Waals surface area contributed by atoms with Crippen molar-refractivity contribution in [2.45, 2.75) is 32.7 Å². The minimum Gasteiger partial charge on any atom is -0.497 e. The van der Waals surface area contributed by atoms with Crippen molar-refractivity contribution in [2.75, 3.05) is 13.7 Å². The summed E-state index contributed by atoms with van der Waals surface area (Å²) in [5.41, 5.74) is 7.20. The Hall–Kier alpha value is -1.55. The second kappa shape index (κ2) is 7.79. The fourth-order valence-corrected chi connectivity index (χ4v) is 2.01. The van der Waals surface area contributed by atoms with Crippen LogP contribution in [0.3, 0.4) is 0 Å². The molecule has 1 aromatic carbocycles. The molecular weight excluding hydrogens is 242 g/mol. The van der Waals surface area contributed by atoms with Crippen LogP contribution in [0.5, 0.6) is 5.75 Å². The maximum atomic E-state index is 11.4. The van der Waals surface area contributed by atoms with E-state index in [1.165, 1.54) is 0 Å². The second-order valence-corrected chi connectivity index (χ2v) is 4.73. The summed E-state index contributed by atoms with van der Waals surface area (Å²) in [5, 5.41) is 0. The molecule has 0 fully saturated rings. The lowest BCUT2D eigenvalue weighted by atomic mass is 9.94. The largest absolute Gasteiger partial charge is 0.497 e. The fourth-order valence-electron chi connectivity index (χ4n) is 2.01. The first kappa shape index (κ1) is 15.5. The molecule has 0 saturated carbocycles. The van der Waals surface area contributed by atoms with E-state index >= 15 is 0 Å². The van der Waals surface area contributed by atoms with Gasteiger partial charge in [-0.3, -0.25) is 4.79 Å². The molecule has 0 saturated heterocycles. The van der Waals surface area contributed by atoms with Gasteiger partial charge in [0.1, 0.15) is 5.75 Å². The van der Waals surface area contributed by atoms with Crippen molar-refractivity contribution in [1.82, 2.24) is 0 Å². The molecular formula is C15H23NO3. The minimum atomic E-state index is -0.156. The van der Waals surface area contributed by atoms with Crippen LogP contribution in [0.25, 0.3) is 0 Å². The van der Waals surface area contributed by atoms with Crippen molar-refractivity contribution < 1.29 is 14.3 Å². The third-order valence-corrected chi connectivity index (χ3v) is 3.02. The standard InChI is InChI=1S/C15H23NO3/c1-4-19-15(17)10-11(2)9-14(16)12-5-7-13(18-3)8-6-12/h5-8,11,14H,4,9-10,16H2,1-3H3. The Morgan fingerprint density at radius 2 is 1.95 bits per heavy atom. The van der Waals surface area contributed by atoms with Crippen molar-refractivity contribution in [1.29, 1.82) is 0 Å². The first-order valence-corrected chi connectivity index (χ1v) is 6.62. The molecule has 0 heterocycles. The number of hydrogen-bond acceptors (Lipinski definition) is 4. The van der Waals surface area contributed by atoms with Gasteiger partial charge in [0.25, 0.3) is 0 Å². The molecule has 1 rings (SSSR count). The normalized spacial score (nSPS) is 13.7. The SMILES string of the molecule is CCOC(=O)CC(C)CC(N)c1ccc(OC)cc1. The zero-order valence-electron chi connectivity index (χ0n) is 11.9. The average Bonchev–Trinajstić information content (AvgIpc) is 2.38. The quantitative estimate of drug-likeness (QED) is 0.770. The number of ether oxygens (including phenoxy) is 2. The number of nitrogens with two attached hydrogens (primary N) is 1. The molecule has 106 valence electrons. The lowest BCUT2D eigenvalue weighted by Gasteiger charge is -2.17. The summed E-state index contributed by atoms with van der Waals surface area (Å²) < 4.78 is 10.0. The summed E-state index contributed by atoms with van der Waals surface area (Å²) in [6.07, 6.45) is 1.17. The molecule has 2 N–H and O–H groups in total. The Labute approximate surface area is 114 Å². The predicted molar refractivity (Wildman–Crippen MR) is 75.0 cm³/mol. The van der Waals surface area contributed by atoms with E-state index in [1.807, 2.05) is 38.1 Å². The molecule has 1 aromatic rings. The number of carbonyl (C=O) groups is 1. The zero-order valence-corrected chi connectivity index (χ0v) is 11.9. The topological polar surface area (TPSA) is 61.5 Å². The van der Waals surface area contributed by atoms with E-state index < -0.39 is 0 Å². The summed E-state index contributed by atoms with van der Waals surface area (Å²) in [6.45, 7) is 4.25. The van der Waals surface area contributed by atoms with E-state index in [0.717, 1.165) is 17.7 Å². The Kier molecular flexibility index (Phi) is 6.36. The van der Waals surface area contributed by atoms with E-state index in [1.54, 1.807) is 7.11 Å². The van der Waals surface area contributed by atoms with Gasteiger partial charge in [-0.05, 0) is 37.0 Å².